The number of nitro groups is 1. The van der Waals surface area contributed by atoms with Crippen LogP contribution in [-0.2, 0) is 9.59 Å². The van der Waals surface area contributed by atoms with Gasteiger partial charge in [-0.25, -0.2) is 4.79 Å². The van der Waals surface area contributed by atoms with Gasteiger partial charge >= 0.3 is 5.97 Å². The molecule has 11 nitrogen and oxygen atoms in total. The second-order valence-electron chi connectivity index (χ2n) is 6.34. The number of nitrogens with one attached hydrogen (secondary N) is 1. The first-order valence-corrected chi connectivity index (χ1v) is 9.24. The number of carboxylic acid groups (broad SMARTS) is 1. The van der Waals surface area contributed by atoms with Crippen molar-refractivity contribution in [3.8, 4) is 11.5 Å². The third-order valence-corrected chi connectivity index (χ3v) is 4.77. The minimum Gasteiger partial charge on any atom is -0.493 e. The van der Waals surface area contributed by atoms with E-state index < -0.39 is 34.0 Å². The third kappa shape index (κ3) is 4.11. The molecule has 0 aromatic heterocycles. The van der Waals surface area contributed by atoms with Crippen LogP contribution in [0.2, 0.25) is 0 Å². The summed E-state index contributed by atoms with van der Waals surface area (Å²) in [4.78, 5) is 48.7. The number of aromatic carboxylic acids is 1. The van der Waals surface area contributed by atoms with E-state index in [0.717, 1.165) is 17.0 Å². The van der Waals surface area contributed by atoms with Crippen molar-refractivity contribution in [3.05, 3.63) is 63.2 Å². The Balaban J connectivity index is 2.14. The van der Waals surface area contributed by atoms with Crippen LogP contribution in [0, 0.1) is 10.1 Å². The Morgan fingerprint density at radius 2 is 1.84 bits per heavy atom. The average molecular weight is 457 g/mol. The molecular weight excluding hydrogens is 442 g/mol. The third-order valence-electron chi connectivity index (χ3n) is 4.48. The largest absolute Gasteiger partial charge is 0.493 e. The van der Waals surface area contributed by atoms with Gasteiger partial charge in [-0.05, 0) is 42.6 Å². The van der Waals surface area contributed by atoms with E-state index in [1.807, 2.05) is 0 Å². The number of rotatable bonds is 6. The average Bonchev–Trinajstić information content (AvgIpc) is 2.75. The van der Waals surface area contributed by atoms with Crippen molar-refractivity contribution in [2.45, 2.75) is 0 Å². The van der Waals surface area contributed by atoms with Crippen molar-refractivity contribution in [2.24, 2.45) is 0 Å². The van der Waals surface area contributed by atoms with Crippen molar-refractivity contribution < 1.29 is 33.9 Å². The standard InChI is InChI=1S/C20H15N3O8S/c1-30-15-8-11(14(23(28)29)9-16(15)31-2)7-13-17(24)21-20(32)22(18(13)25)12-5-3-4-10(6-12)19(26)27/h3-9H,1-2H3,(H,26,27)(H,21,24,32). The number of nitro benzene ring substituents is 1. The fourth-order valence-electron chi connectivity index (χ4n) is 2.98. The second-order valence-corrected chi connectivity index (χ2v) is 6.72. The molecule has 2 aromatic rings. The summed E-state index contributed by atoms with van der Waals surface area (Å²) in [6, 6.07) is 7.74. The van der Waals surface area contributed by atoms with Gasteiger partial charge in [-0.3, -0.25) is 29.9 Å². The van der Waals surface area contributed by atoms with E-state index in [1.54, 1.807) is 0 Å². The number of thiocarbonyl (C=S) groups is 1. The molecular formula is C20H15N3O8S. The van der Waals surface area contributed by atoms with E-state index in [-0.39, 0.29) is 33.4 Å². The molecule has 0 unspecified atom stereocenters. The summed E-state index contributed by atoms with van der Waals surface area (Å²) in [5.41, 5.74) is -0.958. The summed E-state index contributed by atoms with van der Waals surface area (Å²) in [5, 5.41) is 22.8. The Labute approximate surface area is 186 Å². The number of methoxy groups -OCH3 is 2. The van der Waals surface area contributed by atoms with Gasteiger partial charge in [0.15, 0.2) is 16.6 Å². The maximum absolute atomic E-state index is 13.1. The molecule has 2 N–H and O–H groups in total. The lowest BCUT2D eigenvalue weighted by molar-refractivity contribution is -0.385. The van der Waals surface area contributed by atoms with E-state index in [0.29, 0.717) is 0 Å². The molecule has 0 radical (unpaired) electrons. The van der Waals surface area contributed by atoms with Crippen molar-refractivity contribution in [1.29, 1.82) is 0 Å². The van der Waals surface area contributed by atoms with E-state index in [2.05, 4.69) is 5.32 Å². The first-order chi connectivity index (χ1) is 15.2. The van der Waals surface area contributed by atoms with E-state index >= 15 is 0 Å². The number of hydrogen-bond acceptors (Lipinski definition) is 8. The number of amides is 2. The van der Waals surface area contributed by atoms with Crippen LogP contribution < -0.4 is 19.7 Å². The van der Waals surface area contributed by atoms with Crippen LogP contribution in [-0.4, -0.2) is 47.1 Å². The van der Waals surface area contributed by atoms with Crippen LogP contribution in [0.5, 0.6) is 11.5 Å². The molecule has 0 bridgehead atoms. The first kappa shape index (κ1) is 22.4. The van der Waals surface area contributed by atoms with Gasteiger partial charge in [0.05, 0.1) is 42.0 Å². The zero-order chi connectivity index (χ0) is 23.6. The number of hydrogen-bond donors (Lipinski definition) is 2. The minimum atomic E-state index is -1.22. The van der Waals surface area contributed by atoms with Gasteiger partial charge in [-0.2, -0.15) is 0 Å². The maximum Gasteiger partial charge on any atom is 0.335 e. The lowest BCUT2D eigenvalue weighted by atomic mass is 10.0. The van der Waals surface area contributed by atoms with Crippen molar-refractivity contribution in [3.63, 3.8) is 0 Å². The quantitative estimate of drug-likeness (QED) is 0.219. The lowest BCUT2D eigenvalue weighted by Crippen LogP contribution is -2.54. The fraction of sp³-hybridized carbons (Fsp3) is 0.100. The lowest BCUT2D eigenvalue weighted by Gasteiger charge is -2.29. The highest BCUT2D eigenvalue weighted by atomic mass is 32.1. The first-order valence-electron chi connectivity index (χ1n) is 8.83. The SMILES string of the molecule is COc1cc(C=C2C(=O)NC(=S)N(c3cccc(C(=O)O)c3)C2=O)c([N+](=O)[O-])cc1OC. The zero-order valence-corrected chi connectivity index (χ0v) is 17.5. The molecule has 1 fully saturated rings. The number of anilines is 1. The Morgan fingerprint density at radius 3 is 2.44 bits per heavy atom. The van der Waals surface area contributed by atoms with Gasteiger partial charge in [-0.15, -0.1) is 0 Å². The van der Waals surface area contributed by atoms with Crippen LogP contribution in [0.15, 0.2) is 42.0 Å². The molecule has 1 saturated heterocycles. The molecule has 1 aliphatic heterocycles. The molecule has 2 aromatic carbocycles. The highest BCUT2D eigenvalue weighted by Crippen LogP contribution is 2.36. The van der Waals surface area contributed by atoms with Crippen LogP contribution in [0.25, 0.3) is 6.08 Å². The molecule has 0 spiro atoms. The zero-order valence-electron chi connectivity index (χ0n) is 16.6. The van der Waals surface area contributed by atoms with Gasteiger partial charge in [0.1, 0.15) is 5.57 Å². The van der Waals surface area contributed by atoms with Crippen LogP contribution in [0.1, 0.15) is 15.9 Å². The summed E-state index contributed by atoms with van der Waals surface area (Å²) in [6.45, 7) is 0. The van der Waals surface area contributed by atoms with Crippen molar-refractivity contribution in [1.82, 2.24) is 5.32 Å². The molecule has 1 heterocycles. The predicted octanol–water partition coefficient (Wildman–Crippen LogP) is 2.14. The summed E-state index contributed by atoms with van der Waals surface area (Å²) >= 11 is 5.08. The normalized spacial score (nSPS) is 14.9. The number of nitrogens with zero attached hydrogens (tertiary/aromatic N) is 2. The molecule has 0 aliphatic carbocycles. The van der Waals surface area contributed by atoms with Crippen molar-refractivity contribution in [2.75, 3.05) is 19.1 Å². The summed E-state index contributed by atoms with van der Waals surface area (Å²) in [7, 11) is 2.64. The van der Waals surface area contributed by atoms with E-state index in [1.165, 1.54) is 44.6 Å². The number of ether oxygens (including phenoxy) is 2. The molecule has 3 rings (SSSR count). The number of carboxylic acids is 1. The monoisotopic (exact) mass is 457 g/mol. The summed E-state index contributed by atoms with van der Waals surface area (Å²) in [6.07, 6.45) is 1.04. The van der Waals surface area contributed by atoms with Crippen LogP contribution in [0.3, 0.4) is 0 Å². The van der Waals surface area contributed by atoms with Gasteiger partial charge in [0.2, 0.25) is 0 Å². The highest BCUT2D eigenvalue weighted by molar-refractivity contribution is 7.80. The topological polar surface area (TPSA) is 148 Å². The Morgan fingerprint density at radius 1 is 1.19 bits per heavy atom. The summed E-state index contributed by atoms with van der Waals surface area (Å²) in [5.74, 6) is -2.73. The Hall–Kier alpha value is -4.32. The van der Waals surface area contributed by atoms with Crippen LogP contribution in [0.4, 0.5) is 11.4 Å². The molecule has 12 heteroatoms. The Bertz CT molecular complexity index is 1210. The highest BCUT2D eigenvalue weighted by Gasteiger charge is 2.35. The smallest absolute Gasteiger partial charge is 0.335 e. The molecule has 0 atom stereocenters. The number of carbonyl (C=O) groups is 3. The number of benzene rings is 2. The van der Waals surface area contributed by atoms with Gasteiger partial charge < -0.3 is 14.6 Å². The van der Waals surface area contributed by atoms with E-state index in [9.17, 15) is 29.6 Å². The molecule has 32 heavy (non-hydrogen) atoms. The second kappa shape index (κ2) is 8.81. The Kier molecular flexibility index (Phi) is 6.16. The molecule has 1 aliphatic rings. The van der Waals surface area contributed by atoms with Crippen LogP contribution >= 0.6 is 12.2 Å². The predicted molar refractivity (Wildman–Crippen MR) is 116 cm³/mol. The fourth-order valence-corrected chi connectivity index (χ4v) is 3.26. The van der Waals surface area contributed by atoms with Crippen molar-refractivity contribution >= 4 is 52.6 Å². The molecule has 0 saturated carbocycles. The van der Waals surface area contributed by atoms with Gasteiger partial charge in [0, 0.05) is 0 Å². The molecule has 2 amide bonds. The van der Waals surface area contributed by atoms with E-state index in [4.69, 9.17) is 21.7 Å². The maximum atomic E-state index is 13.1. The number of carbonyl (C=O) groups excluding carboxylic acids is 2. The summed E-state index contributed by atoms with van der Waals surface area (Å²) < 4.78 is 10.2. The minimum absolute atomic E-state index is 0.0850. The van der Waals surface area contributed by atoms with Gasteiger partial charge in [0.25, 0.3) is 17.5 Å². The van der Waals surface area contributed by atoms with Gasteiger partial charge in [-0.1, -0.05) is 6.07 Å². The molecule has 164 valence electrons.